The predicted octanol–water partition coefficient (Wildman–Crippen LogP) is 6.36. The number of rotatable bonds is 13. The van der Waals surface area contributed by atoms with Gasteiger partial charge in [0, 0.05) is 29.1 Å². The summed E-state index contributed by atoms with van der Waals surface area (Å²) in [6, 6.07) is 27.3. The monoisotopic (exact) mass is 667 g/mol. The fourth-order valence-corrected chi connectivity index (χ4v) is 6.53. The van der Waals surface area contributed by atoms with E-state index in [2.05, 4.69) is 5.32 Å². The lowest BCUT2D eigenvalue weighted by molar-refractivity contribution is -0.140. The van der Waals surface area contributed by atoms with Crippen LogP contribution >= 0.6 is 23.2 Å². The zero-order valence-electron chi connectivity index (χ0n) is 25.2. The van der Waals surface area contributed by atoms with E-state index in [1.165, 1.54) is 48.4 Å². The van der Waals surface area contributed by atoms with E-state index in [0.29, 0.717) is 21.4 Å². The standard InChI is InChI=1S/C34H35Cl2N3O5S/c1-24(2)37-34(41)32(21-25-8-5-4-6-9-25)38(22-26-10-7-11-28(36)20-26)33(40)23-39(29-14-12-27(35)13-15-29)45(42,43)31-18-16-30(44-3)17-19-31/h4-20,24,32H,21-23H2,1-3H3,(H,37,41)/t32-/m1/s1. The Kier molecular flexibility index (Phi) is 11.5. The van der Waals surface area contributed by atoms with Crippen LogP contribution in [0.3, 0.4) is 0 Å². The number of amides is 2. The maximum absolute atomic E-state index is 14.4. The van der Waals surface area contributed by atoms with Crippen molar-refractivity contribution in [2.24, 2.45) is 0 Å². The van der Waals surface area contributed by atoms with Crippen molar-refractivity contribution in [2.75, 3.05) is 18.0 Å². The number of nitrogens with zero attached hydrogens (tertiary/aromatic N) is 2. The van der Waals surface area contributed by atoms with Crippen LogP contribution in [-0.4, -0.2) is 50.9 Å². The van der Waals surface area contributed by atoms with Crippen LogP contribution in [-0.2, 0) is 32.6 Å². The number of nitrogens with one attached hydrogen (secondary N) is 1. The molecule has 236 valence electrons. The van der Waals surface area contributed by atoms with Crippen molar-refractivity contribution in [2.45, 2.75) is 43.8 Å². The van der Waals surface area contributed by atoms with Crippen LogP contribution in [0.4, 0.5) is 5.69 Å². The van der Waals surface area contributed by atoms with E-state index >= 15 is 0 Å². The number of halogens is 2. The van der Waals surface area contributed by atoms with Crippen molar-refractivity contribution in [3.63, 3.8) is 0 Å². The third-order valence-electron chi connectivity index (χ3n) is 6.98. The van der Waals surface area contributed by atoms with E-state index in [1.54, 1.807) is 36.4 Å². The van der Waals surface area contributed by atoms with Gasteiger partial charge in [-0.05, 0) is 85.6 Å². The lowest BCUT2D eigenvalue weighted by Gasteiger charge is -2.34. The van der Waals surface area contributed by atoms with Crippen LogP contribution in [0.15, 0.2) is 108 Å². The maximum atomic E-state index is 14.4. The normalized spacial score (nSPS) is 12.0. The van der Waals surface area contributed by atoms with Gasteiger partial charge in [-0.15, -0.1) is 0 Å². The molecule has 4 rings (SSSR count). The Balaban J connectivity index is 1.80. The third-order valence-corrected chi connectivity index (χ3v) is 9.26. The van der Waals surface area contributed by atoms with Gasteiger partial charge in [0.05, 0.1) is 17.7 Å². The minimum atomic E-state index is -4.26. The predicted molar refractivity (Wildman–Crippen MR) is 178 cm³/mol. The first-order chi connectivity index (χ1) is 21.5. The molecule has 11 heteroatoms. The van der Waals surface area contributed by atoms with Crippen LogP contribution in [0, 0.1) is 0 Å². The molecular formula is C34H35Cl2N3O5S. The smallest absolute Gasteiger partial charge is 0.264 e. The zero-order valence-corrected chi connectivity index (χ0v) is 27.5. The molecule has 0 aliphatic heterocycles. The van der Waals surface area contributed by atoms with Gasteiger partial charge < -0.3 is 15.0 Å². The summed E-state index contributed by atoms with van der Waals surface area (Å²) in [5.41, 5.74) is 1.76. The van der Waals surface area contributed by atoms with E-state index in [1.807, 2.05) is 44.2 Å². The third kappa shape index (κ3) is 9.00. The van der Waals surface area contributed by atoms with E-state index < -0.39 is 28.5 Å². The lowest BCUT2D eigenvalue weighted by atomic mass is 10.0. The molecule has 0 radical (unpaired) electrons. The number of carbonyl (C=O) groups is 2. The molecule has 2 amide bonds. The molecule has 45 heavy (non-hydrogen) atoms. The molecule has 0 aliphatic carbocycles. The lowest BCUT2D eigenvalue weighted by Crippen LogP contribution is -2.54. The fourth-order valence-electron chi connectivity index (χ4n) is 4.78. The SMILES string of the molecule is COc1ccc(S(=O)(=O)N(CC(=O)N(Cc2cccc(Cl)c2)[C@H](Cc2ccccc2)C(=O)NC(C)C)c2ccc(Cl)cc2)cc1. The van der Waals surface area contributed by atoms with Gasteiger partial charge in [0.2, 0.25) is 11.8 Å². The van der Waals surface area contributed by atoms with Gasteiger partial charge in [0.15, 0.2) is 0 Å². The molecular weight excluding hydrogens is 633 g/mol. The highest BCUT2D eigenvalue weighted by Crippen LogP contribution is 2.27. The minimum absolute atomic E-state index is 0.0133. The van der Waals surface area contributed by atoms with Crippen molar-refractivity contribution >= 4 is 50.7 Å². The van der Waals surface area contributed by atoms with Crippen LogP contribution in [0.25, 0.3) is 0 Å². The zero-order chi connectivity index (χ0) is 32.6. The molecule has 1 atom stereocenters. The van der Waals surface area contributed by atoms with Crippen molar-refractivity contribution in [3.8, 4) is 5.75 Å². The Morgan fingerprint density at radius 2 is 1.47 bits per heavy atom. The van der Waals surface area contributed by atoms with Gasteiger partial charge in [0.1, 0.15) is 18.3 Å². The van der Waals surface area contributed by atoms with E-state index in [0.717, 1.165) is 9.87 Å². The van der Waals surface area contributed by atoms with Gasteiger partial charge in [-0.2, -0.15) is 0 Å². The average molecular weight is 669 g/mol. The van der Waals surface area contributed by atoms with Gasteiger partial charge in [-0.25, -0.2) is 8.42 Å². The van der Waals surface area contributed by atoms with Crippen LogP contribution < -0.4 is 14.4 Å². The molecule has 0 aliphatic rings. The summed E-state index contributed by atoms with van der Waals surface area (Å²) in [6.45, 7) is 3.10. The van der Waals surface area contributed by atoms with Gasteiger partial charge >= 0.3 is 0 Å². The quantitative estimate of drug-likeness (QED) is 0.179. The number of sulfonamides is 1. The van der Waals surface area contributed by atoms with Crippen molar-refractivity contribution in [3.05, 3.63) is 124 Å². The topological polar surface area (TPSA) is 96.0 Å². The number of carbonyl (C=O) groups excluding carboxylic acids is 2. The summed E-state index contributed by atoms with van der Waals surface area (Å²) < 4.78 is 34.4. The summed E-state index contributed by atoms with van der Waals surface area (Å²) in [5.74, 6) is -0.460. The van der Waals surface area contributed by atoms with Crippen molar-refractivity contribution in [1.82, 2.24) is 10.2 Å². The molecule has 8 nitrogen and oxygen atoms in total. The second-order valence-corrected chi connectivity index (χ2v) is 13.4. The molecule has 0 heterocycles. The molecule has 4 aromatic rings. The highest BCUT2D eigenvalue weighted by Gasteiger charge is 2.35. The summed E-state index contributed by atoms with van der Waals surface area (Å²) >= 11 is 12.4. The number of methoxy groups -OCH3 is 1. The highest BCUT2D eigenvalue weighted by molar-refractivity contribution is 7.92. The minimum Gasteiger partial charge on any atom is -0.497 e. The summed E-state index contributed by atoms with van der Waals surface area (Å²) in [5, 5.41) is 3.81. The summed E-state index contributed by atoms with van der Waals surface area (Å²) in [7, 11) is -2.77. The van der Waals surface area contributed by atoms with Gasteiger partial charge in [-0.1, -0.05) is 65.7 Å². The molecule has 0 saturated heterocycles. The number of benzene rings is 4. The van der Waals surface area contributed by atoms with Gasteiger partial charge in [0.25, 0.3) is 10.0 Å². The Morgan fingerprint density at radius 3 is 2.07 bits per heavy atom. The first kappa shape index (κ1) is 33.8. The Labute approximate surface area is 274 Å². The van der Waals surface area contributed by atoms with Crippen LogP contribution in [0.5, 0.6) is 5.75 Å². The van der Waals surface area contributed by atoms with Crippen LogP contribution in [0.1, 0.15) is 25.0 Å². The second-order valence-electron chi connectivity index (χ2n) is 10.7. The number of hydrogen-bond donors (Lipinski definition) is 1. The van der Waals surface area contributed by atoms with E-state index in [-0.39, 0.29) is 35.5 Å². The first-order valence-corrected chi connectivity index (χ1v) is 16.5. The Morgan fingerprint density at radius 1 is 0.822 bits per heavy atom. The molecule has 0 unspecified atom stereocenters. The van der Waals surface area contributed by atoms with E-state index in [4.69, 9.17) is 27.9 Å². The fraction of sp³-hybridized carbons (Fsp3) is 0.235. The van der Waals surface area contributed by atoms with Crippen LogP contribution in [0.2, 0.25) is 10.0 Å². The second kappa shape index (κ2) is 15.3. The Hall–Kier alpha value is -4.05. The molecule has 0 saturated carbocycles. The molecule has 0 spiro atoms. The number of anilines is 1. The van der Waals surface area contributed by atoms with E-state index in [9.17, 15) is 18.0 Å². The summed E-state index contributed by atoms with van der Waals surface area (Å²) in [6.07, 6.45) is 0.206. The molecule has 4 aromatic carbocycles. The number of ether oxygens (including phenoxy) is 1. The van der Waals surface area contributed by atoms with Crippen molar-refractivity contribution < 1.29 is 22.7 Å². The average Bonchev–Trinajstić information content (AvgIpc) is 3.02. The summed E-state index contributed by atoms with van der Waals surface area (Å²) in [4.78, 5) is 29.6. The molecule has 1 N–H and O–H groups in total. The molecule has 0 fully saturated rings. The first-order valence-electron chi connectivity index (χ1n) is 14.3. The highest BCUT2D eigenvalue weighted by atomic mass is 35.5. The van der Waals surface area contributed by atoms with Crippen molar-refractivity contribution in [1.29, 1.82) is 0 Å². The molecule has 0 aromatic heterocycles. The molecule has 0 bridgehead atoms. The maximum Gasteiger partial charge on any atom is 0.264 e. The number of hydrogen-bond acceptors (Lipinski definition) is 5. The Bertz CT molecular complexity index is 1700. The van der Waals surface area contributed by atoms with Gasteiger partial charge in [-0.3, -0.25) is 13.9 Å². The largest absolute Gasteiger partial charge is 0.497 e.